The van der Waals surface area contributed by atoms with E-state index in [-0.39, 0.29) is 5.91 Å². The zero-order valence-electron chi connectivity index (χ0n) is 10.9. The molecule has 18 heavy (non-hydrogen) atoms. The van der Waals surface area contributed by atoms with Crippen LogP contribution in [0.5, 0.6) is 0 Å². The summed E-state index contributed by atoms with van der Waals surface area (Å²) < 4.78 is 0. The maximum Gasteiger partial charge on any atom is 0.267 e. The Morgan fingerprint density at radius 1 is 1.22 bits per heavy atom. The number of amides is 1. The summed E-state index contributed by atoms with van der Waals surface area (Å²) in [6.45, 7) is 1.55. The van der Waals surface area contributed by atoms with Gasteiger partial charge in [-0.05, 0) is 25.0 Å². The van der Waals surface area contributed by atoms with Crippen molar-refractivity contribution in [2.24, 2.45) is 0 Å². The van der Waals surface area contributed by atoms with Crippen molar-refractivity contribution < 1.29 is 4.79 Å². The van der Waals surface area contributed by atoms with E-state index in [1.165, 1.54) is 38.5 Å². The lowest BCUT2D eigenvalue weighted by Gasteiger charge is -2.16. The van der Waals surface area contributed by atoms with E-state index in [1.54, 1.807) is 12.3 Å². The van der Waals surface area contributed by atoms with Crippen LogP contribution in [-0.4, -0.2) is 30.0 Å². The number of hydrogen-bond donors (Lipinski definition) is 3. The van der Waals surface area contributed by atoms with E-state index in [4.69, 9.17) is 0 Å². The third-order valence-electron chi connectivity index (χ3n) is 3.54. The van der Waals surface area contributed by atoms with Gasteiger partial charge in [0, 0.05) is 25.3 Å². The molecule has 1 amide bonds. The van der Waals surface area contributed by atoms with Gasteiger partial charge in [-0.2, -0.15) is 0 Å². The molecule has 1 aliphatic carbocycles. The fourth-order valence-electron chi connectivity index (χ4n) is 2.50. The Hall–Kier alpha value is -1.29. The molecule has 0 radical (unpaired) electrons. The van der Waals surface area contributed by atoms with Crippen LogP contribution in [0.4, 0.5) is 0 Å². The molecule has 1 saturated carbocycles. The van der Waals surface area contributed by atoms with Crippen molar-refractivity contribution in [1.82, 2.24) is 15.6 Å². The topological polar surface area (TPSA) is 56.9 Å². The van der Waals surface area contributed by atoms with E-state index in [1.807, 2.05) is 6.07 Å². The number of H-pyrrole nitrogens is 1. The number of aromatic amines is 1. The molecule has 0 saturated heterocycles. The van der Waals surface area contributed by atoms with Gasteiger partial charge >= 0.3 is 0 Å². The van der Waals surface area contributed by atoms with Crippen molar-refractivity contribution in [2.75, 3.05) is 13.1 Å². The molecule has 4 nitrogen and oxygen atoms in total. The molecular weight excluding hydrogens is 226 g/mol. The van der Waals surface area contributed by atoms with Crippen molar-refractivity contribution in [2.45, 2.75) is 44.6 Å². The summed E-state index contributed by atoms with van der Waals surface area (Å²) in [6.07, 6.45) is 9.76. The van der Waals surface area contributed by atoms with E-state index < -0.39 is 0 Å². The van der Waals surface area contributed by atoms with Gasteiger partial charge in [-0.15, -0.1) is 0 Å². The van der Waals surface area contributed by atoms with Gasteiger partial charge in [-0.1, -0.05) is 25.7 Å². The van der Waals surface area contributed by atoms with E-state index in [0.29, 0.717) is 18.3 Å². The number of nitrogens with one attached hydrogen (secondary N) is 3. The molecule has 0 spiro atoms. The Bertz CT molecular complexity index is 340. The molecular formula is C14H23N3O. The van der Waals surface area contributed by atoms with E-state index >= 15 is 0 Å². The largest absolute Gasteiger partial charge is 0.357 e. The molecule has 1 fully saturated rings. The number of hydrogen-bond acceptors (Lipinski definition) is 2. The average Bonchev–Trinajstić information content (AvgIpc) is 2.80. The third-order valence-corrected chi connectivity index (χ3v) is 3.54. The Balaban J connectivity index is 1.59. The SMILES string of the molecule is O=C(NCCNC1CCCCCC1)c1ccc[nH]1. The van der Waals surface area contributed by atoms with Gasteiger partial charge in [0.05, 0.1) is 0 Å². The summed E-state index contributed by atoms with van der Waals surface area (Å²) >= 11 is 0. The van der Waals surface area contributed by atoms with Gasteiger partial charge in [0.2, 0.25) is 0 Å². The minimum Gasteiger partial charge on any atom is -0.357 e. The molecule has 100 valence electrons. The van der Waals surface area contributed by atoms with Crippen LogP contribution in [0.25, 0.3) is 0 Å². The fourth-order valence-corrected chi connectivity index (χ4v) is 2.50. The Labute approximate surface area is 109 Å². The predicted molar refractivity (Wildman–Crippen MR) is 72.6 cm³/mol. The zero-order valence-corrected chi connectivity index (χ0v) is 10.9. The number of carbonyl (C=O) groups excluding carboxylic acids is 1. The van der Waals surface area contributed by atoms with Crippen LogP contribution in [0.2, 0.25) is 0 Å². The lowest BCUT2D eigenvalue weighted by Crippen LogP contribution is -2.36. The molecule has 1 heterocycles. The monoisotopic (exact) mass is 249 g/mol. The number of aromatic nitrogens is 1. The highest BCUT2D eigenvalue weighted by atomic mass is 16.1. The van der Waals surface area contributed by atoms with Crippen LogP contribution in [0.1, 0.15) is 49.0 Å². The molecule has 0 atom stereocenters. The molecule has 1 aliphatic rings. The molecule has 0 bridgehead atoms. The van der Waals surface area contributed by atoms with Crippen LogP contribution in [0, 0.1) is 0 Å². The maximum absolute atomic E-state index is 11.6. The highest BCUT2D eigenvalue weighted by Crippen LogP contribution is 2.16. The smallest absolute Gasteiger partial charge is 0.267 e. The lowest BCUT2D eigenvalue weighted by atomic mass is 10.1. The predicted octanol–water partition coefficient (Wildman–Crippen LogP) is 2.06. The lowest BCUT2D eigenvalue weighted by molar-refractivity contribution is 0.0949. The summed E-state index contributed by atoms with van der Waals surface area (Å²) in [5, 5.41) is 6.44. The zero-order chi connectivity index (χ0) is 12.6. The van der Waals surface area contributed by atoms with E-state index in [2.05, 4.69) is 15.6 Å². The second-order valence-corrected chi connectivity index (χ2v) is 4.98. The summed E-state index contributed by atoms with van der Waals surface area (Å²) in [5.41, 5.74) is 0.629. The molecule has 0 unspecified atom stereocenters. The van der Waals surface area contributed by atoms with Crippen LogP contribution in [0.3, 0.4) is 0 Å². The summed E-state index contributed by atoms with van der Waals surface area (Å²) in [6, 6.07) is 4.27. The van der Waals surface area contributed by atoms with Crippen molar-refractivity contribution in [1.29, 1.82) is 0 Å². The van der Waals surface area contributed by atoms with E-state index in [0.717, 1.165) is 6.54 Å². The summed E-state index contributed by atoms with van der Waals surface area (Å²) in [7, 11) is 0. The van der Waals surface area contributed by atoms with Crippen molar-refractivity contribution >= 4 is 5.91 Å². The normalized spacial score (nSPS) is 17.3. The van der Waals surface area contributed by atoms with Gasteiger partial charge in [-0.25, -0.2) is 0 Å². The van der Waals surface area contributed by atoms with Crippen molar-refractivity contribution in [3.05, 3.63) is 24.0 Å². The first kappa shape index (κ1) is 13.1. The summed E-state index contributed by atoms with van der Waals surface area (Å²) in [5.74, 6) is -0.0253. The molecule has 1 aromatic rings. The fraction of sp³-hybridized carbons (Fsp3) is 0.643. The van der Waals surface area contributed by atoms with Crippen LogP contribution in [0.15, 0.2) is 18.3 Å². The highest BCUT2D eigenvalue weighted by molar-refractivity contribution is 5.92. The molecule has 2 rings (SSSR count). The minimum absolute atomic E-state index is 0.0253. The first-order chi connectivity index (χ1) is 8.86. The van der Waals surface area contributed by atoms with Gasteiger partial charge in [0.15, 0.2) is 0 Å². The first-order valence-corrected chi connectivity index (χ1v) is 7.01. The van der Waals surface area contributed by atoms with Crippen LogP contribution < -0.4 is 10.6 Å². The standard InChI is InChI=1S/C14H23N3O/c18-14(13-8-5-9-16-13)17-11-10-15-12-6-3-1-2-4-7-12/h5,8-9,12,15-16H,1-4,6-7,10-11H2,(H,17,18). The molecule has 0 aliphatic heterocycles. The number of carbonyl (C=O) groups is 1. The Morgan fingerprint density at radius 3 is 2.67 bits per heavy atom. The van der Waals surface area contributed by atoms with Crippen LogP contribution >= 0.6 is 0 Å². The van der Waals surface area contributed by atoms with Gasteiger partial charge < -0.3 is 15.6 Å². The van der Waals surface area contributed by atoms with Gasteiger partial charge in [0.25, 0.3) is 5.91 Å². The second-order valence-electron chi connectivity index (χ2n) is 4.98. The molecule has 4 heteroatoms. The van der Waals surface area contributed by atoms with Gasteiger partial charge in [-0.3, -0.25) is 4.79 Å². The summed E-state index contributed by atoms with van der Waals surface area (Å²) in [4.78, 5) is 14.5. The van der Waals surface area contributed by atoms with Crippen molar-refractivity contribution in [3.63, 3.8) is 0 Å². The number of rotatable bonds is 5. The molecule has 3 N–H and O–H groups in total. The minimum atomic E-state index is -0.0253. The van der Waals surface area contributed by atoms with Crippen LogP contribution in [-0.2, 0) is 0 Å². The van der Waals surface area contributed by atoms with Gasteiger partial charge in [0.1, 0.15) is 5.69 Å². The average molecular weight is 249 g/mol. The Kier molecular flexibility index (Phi) is 5.27. The maximum atomic E-state index is 11.6. The molecule has 1 aromatic heterocycles. The highest BCUT2D eigenvalue weighted by Gasteiger charge is 2.11. The second kappa shape index (κ2) is 7.21. The Morgan fingerprint density at radius 2 is 2.00 bits per heavy atom. The first-order valence-electron chi connectivity index (χ1n) is 7.01. The molecule has 0 aromatic carbocycles. The third kappa shape index (κ3) is 4.18. The quantitative estimate of drug-likeness (QED) is 0.552. The van der Waals surface area contributed by atoms with E-state index in [9.17, 15) is 4.79 Å². The van der Waals surface area contributed by atoms with Crippen molar-refractivity contribution in [3.8, 4) is 0 Å².